The lowest BCUT2D eigenvalue weighted by molar-refractivity contribution is -0.131. The second-order valence-corrected chi connectivity index (χ2v) is 10.1. The van der Waals surface area contributed by atoms with Crippen molar-refractivity contribution in [3.05, 3.63) is 23.2 Å². The number of carbonyl (C=O) groups excluding carboxylic acids is 1. The normalized spacial score (nSPS) is 20.7. The van der Waals surface area contributed by atoms with E-state index in [-0.39, 0.29) is 28.7 Å². The van der Waals surface area contributed by atoms with Crippen molar-refractivity contribution in [1.29, 1.82) is 0 Å². The summed E-state index contributed by atoms with van der Waals surface area (Å²) in [6.07, 6.45) is 0.516. The Morgan fingerprint density at radius 2 is 2.28 bits per heavy atom. The lowest BCUT2D eigenvalue weighted by atomic mass is 10.2. The number of H-pyrrole nitrogens is 1. The maximum atomic E-state index is 12.8. The van der Waals surface area contributed by atoms with Crippen molar-refractivity contribution in [2.24, 2.45) is 0 Å². The van der Waals surface area contributed by atoms with Gasteiger partial charge in [-0.1, -0.05) is 23.4 Å². The van der Waals surface area contributed by atoms with Crippen LogP contribution in [0.25, 0.3) is 11.0 Å². The fourth-order valence-electron chi connectivity index (χ4n) is 3.08. The van der Waals surface area contributed by atoms with Gasteiger partial charge in [0.05, 0.1) is 27.8 Å². The van der Waals surface area contributed by atoms with Crippen molar-refractivity contribution >= 4 is 50.1 Å². The molecule has 2 atom stereocenters. The van der Waals surface area contributed by atoms with Crippen LogP contribution in [0.1, 0.15) is 20.3 Å². The second-order valence-electron chi connectivity index (χ2n) is 6.14. The van der Waals surface area contributed by atoms with E-state index in [2.05, 4.69) is 9.97 Å². The van der Waals surface area contributed by atoms with E-state index in [0.717, 1.165) is 11.0 Å². The first-order valence-corrected chi connectivity index (χ1v) is 11.2. The summed E-state index contributed by atoms with van der Waals surface area (Å²) in [6, 6.07) is 5.17. The number of aromatic amines is 1. The maximum absolute atomic E-state index is 12.8. The number of hydrogen-bond donors (Lipinski definition) is 1. The molecule has 0 bridgehead atoms. The molecule has 0 unspecified atom stereocenters. The lowest BCUT2D eigenvalue weighted by Gasteiger charge is -2.29. The van der Waals surface area contributed by atoms with E-state index >= 15 is 0 Å². The largest absolute Gasteiger partial charge is 0.338 e. The van der Waals surface area contributed by atoms with Crippen LogP contribution in [0.2, 0.25) is 5.02 Å². The van der Waals surface area contributed by atoms with Gasteiger partial charge in [-0.05, 0) is 38.5 Å². The number of benzene rings is 1. The van der Waals surface area contributed by atoms with Crippen LogP contribution in [0.15, 0.2) is 23.4 Å². The molecule has 1 aromatic carbocycles. The number of rotatable bonds is 5. The summed E-state index contributed by atoms with van der Waals surface area (Å²) in [4.78, 5) is 22.1. The van der Waals surface area contributed by atoms with Crippen LogP contribution < -0.4 is 0 Å². The number of amides is 1. The minimum atomic E-state index is -3.02. The smallest absolute Gasteiger partial charge is 0.236 e. The van der Waals surface area contributed by atoms with Gasteiger partial charge < -0.3 is 9.88 Å². The Bertz CT molecular complexity index is 897. The second kappa shape index (κ2) is 7.17. The van der Waals surface area contributed by atoms with Crippen molar-refractivity contribution in [3.63, 3.8) is 0 Å². The zero-order chi connectivity index (χ0) is 18.2. The molecular formula is C16H20ClN3O3S2. The molecule has 6 nitrogen and oxygen atoms in total. The molecule has 1 amide bonds. The molecule has 9 heteroatoms. The predicted octanol–water partition coefficient (Wildman–Crippen LogP) is 2.73. The monoisotopic (exact) mass is 401 g/mol. The van der Waals surface area contributed by atoms with Crippen LogP contribution in [-0.4, -0.2) is 58.5 Å². The van der Waals surface area contributed by atoms with Crippen LogP contribution in [0, 0.1) is 0 Å². The van der Waals surface area contributed by atoms with Gasteiger partial charge in [-0.3, -0.25) is 4.79 Å². The van der Waals surface area contributed by atoms with E-state index in [1.807, 2.05) is 19.9 Å². The molecule has 0 aliphatic carbocycles. The van der Waals surface area contributed by atoms with E-state index in [4.69, 9.17) is 11.6 Å². The summed E-state index contributed by atoms with van der Waals surface area (Å²) in [5.74, 6) is 0.161. The summed E-state index contributed by atoms with van der Waals surface area (Å²) in [5.41, 5.74) is 1.62. The van der Waals surface area contributed by atoms with Crippen LogP contribution >= 0.6 is 23.4 Å². The van der Waals surface area contributed by atoms with Gasteiger partial charge >= 0.3 is 0 Å². The zero-order valence-corrected chi connectivity index (χ0v) is 16.4. The topological polar surface area (TPSA) is 83.1 Å². The molecule has 1 fully saturated rings. The van der Waals surface area contributed by atoms with Crippen molar-refractivity contribution < 1.29 is 13.2 Å². The average molecular weight is 402 g/mol. The Balaban J connectivity index is 1.72. The zero-order valence-electron chi connectivity index (χ0n) is 14.0. The van der Waals surface area contributed by atoms with Crippen molar-refractivity contribution in [3.8, 4) is 0 Å². The first-order chi connectivity index (χ1) is 11.8. The quantitative estimate of drug-likeness (QED) is 0.779. The first-order valence-electron chi connectivity index (χ1n) is 8.12. The summed E-state index contributed by atoms with van der Waals surface area (Å²) >= 11 is 7.31. The van der Waals surface area contributed by atoms with Gasteiger partial charge in [-0.25, -0.2) is 13.4 Å². The fourth-order valence-corrected chi connectivity index (χ4v) is 5.87. The molecule has 1 aliphatic rings. The number of thioether (sulfide) groups is 1. The third kappa shape index (κ3) is 4.12. The summed E-state index contributed by atoms with van der Waals surface area (Å²) in [6.45, 7) is 4.20. The van der Waals surface area contributed by atoms with E-state index in [9.17, 15) is 13.2 Å². The molecule has 0 saturated carbocycles. The number of halogens is 1. The highest BCUT2D eigenvalue weighted by atomic mass is 35.5. The van der Waals surface area contributed by atoms with Gasteiger partial charge in [0.2, 0.25) is 5.91 Å². The number of nitrogens with one attached hydrogen (secondary N) is 1. The Kier molecular flexibility index (Phi) is 5.31. The molecule has 2 heterocycles. The number of sulfone groups is 1. The lowest BCUT2D eigenvalue weighted by Crippen LogP contribution is -2.44. The van der Waals surface area contributed by atoms with E-state index < -0.39 is 9.84 Å². The maximum Gasteiger partial charge on any atom is 0.236 e. The summed E-state index contributed by atoms with van der Waals surface area (Å²) in [7, 11) is -3.02. The first kappa shape index (κ1) is 18.5. The van der Waals surface area contributed by atoms with Crippen molar-refractivity contribution in [2.75, 3.05) is 18.1 Å². The fraction of sp³-hybridized carbons (Fsp3) is 0.500. The number of aromatic nitrogens is 2. The molecule has 0 spiro atoms. The van der Waals surface area contributed by atoms with Gasteiger partial charge in [0, 0.05) is 17.6 Å². The van der Waals surface area contributed by atoms with Crippen molar-refractivity contribution in [2.45, 2.75) is 36.7 Å². The number of nitrogens with zero attached hydrogens (tertiary/aromatic N) is 2. The van der Waals surface area contributed by atoms with E-state index in [1.165, 1.54) is 11.8 Å². The highest BCUT2D eigenvalue weighted by molar-refractivity contribution is 8.00. The molecule has 2 aromatic rings. The van der Waals surface area contributed by atoms with Gasteiger partial charge in [0.1, 0.15) is 0 Å². The van der Waals surface area contributed by atoms with Crippen LogP contribution in [0.5, 0.6) is 0 Å². The molecule has 1 aromatic heterocycles. The molecule has 0 radical (unpaired) electrons. The van der Waals surface area contributed by atoms with Crippen LogP contribution in [-0.2, 0) is 14.6 Å². The number of hydrogen-bond acceptors (Lipinski definition) is 5. The van der Waals surface area contributed by atoms with Crippen LogP contribution in [0.4, 0.5) is 0 Å². The molecule has 1 aliphatic heterocycles. The van der Waals surface area contributed by atoms with Gasteiger partial charge in [-0.2, -0.15) is 0 Å². The Morgan fingerprint density at radius 1 is 1.52 bits per heavy atom. The highest BCUT2D eigenvalue weighted by Crippen LogP contribution is 2.27. The van der Waals surface area contributed by atoms with E-state index in [1.54, 1.807) is 17.0 Å². The molecule has 136 valence electrons. The molecule has 1 saturated heterocycles. The minimum Gasteiger partial charge on any atom is -0.338 e. The SMILES string of the molecule is CCN(C(=O)[C@H](C)Sc1nc2ccc(Cl)cc2[nH]1)[C@H]1CCS(=O)(=O)C1. The molecule has 25 heavy (non-hydrogen) atoms. The minimum absolute atomic E-state index is 0.0620. The van der Waals surface area contributed by atoms with Crippen molar-refractivity contribution in [1.82, 2.24) is 14.9 Å². The van der Waals surface area contributed by atoms with Gasteiger partial charge in [-0.15, -0.1) is 0 Å². The van der Waals surface area contributed by atoms with Crippen LogP contribution in [0.3, 0.4) is 0 Å². The standard InChI is InChI=1S/C16H20ClN3O3S2/c1-3-20(12-6-7-25(22,23)9-12)15(21)10(2)24-16-18-13-5-4-11(17)8-14(13)19-16/h4-5,8,10,12H,3,6-7,9H2,1-2H3,(H,18,19)/t10-,12-/m0/s1. The number of imidazole rings is 1. The average Bonchev–Trinajstić information content (AvgIpc) is 3.09. The molecular weight excluding hydrogens is 382 g/mol. The summed E-state index contributed by atoms with van der Waals surface area (Å²) in [5, 5.41) is 0.906. The molecule has 1 N–H and O–H groups in total. The third-order valence-corrected chi connectivity index (χ3v) is 7.29. The predicted molar refractivity (Wildman–Crippen MR) is 101 cm³/mol. The highest BCUT2D eigenvalue weighted by Gasteiger charge is 2.35. The summed E-state index contributed by atoms with van der Waals surface area (Å²) < 4.78 is 23.4. The third-order valence-electron chi connectivity index (χ3n) is 4.33. The molecule has 3 rings (SSSR count). The van der Waals surface area contributed by atoms with Gasteiger partial charge in [0.15, 0.2) is 15.0 Å². The van der Waals surface area contributed by atoms with Gasteiger partial charge in [0.25, 0.3) is 0 Å². The Morgan fingerprint density at radius 3 is 2.92 bits per heavy atom. The Labute approximate surface area is 156 Å². The Hall–Kier alpha value is -1.25. The number of fused-ring (bicyclic) bond motifs is 1. The number of carbonyl (C=O) groups is 1. The van der Waals surface area contributed by atoms with E-state index in [0.29, 0.717) is 23.1 Å².